The average molecular weight is 1020 g/mol. The third-order valence-corrected chi connectivity index (χ3v) is 14.1. The van der Waals surface area contributed by atoms with Crippen LogP contribution >= 0.6 is 23.1 Å². The van der Waals surface area contributed by atoms with Crippen molar-refractivity contribution in [1.29, 1.82) is 0 Å². The van der Waals surface area contributed by atoms with Crippen molar-refractivity contribution in [3.63, 3.8) is 0 Å². The molecule has 0 saturated heterocycles. The number of carboxylic acid groups (broad SMARTS) is 1. The van der Waals surface area contributed by atoms with Crippen LogP contribution in [0.3, 0.4) is 0 Å². The Labute approximate surface area is 420 Å². The molecule has 0 spiro atoms. The molecule has 0 fully saturated rings. The fourth-order valence-corrected chi connectivity index (χ4v) is 10.4. The summed E-state index contributed by atoms with van der Waals surface area (Å²) in [5, 5.41) is 28.9. The number of nitrogens with one attached hydrogen (secondary N) is 7. The van der Waals surface area contributed by atoms with Crippen LogP contribution in [0.1, 0.15) is 87.3 Å². The standard InChI is InChI=1S/C49H62N10O10S2/c1-28(43(63)55-38(17-9-11-21-50-29(2)60)45(65)54-30-19-20-36-40(23-30)71-47(56-36)46-57-39(27-70-46)48(66)67)53-42(62)25-51-41(61)24-52-44(64)37(18-10-12-22-59(3)4)58-49(68)69-26-35-33-15-7-5-13-31(33)32-14-6-8-16-34(32)35/h5-7,13-15,19-20,23,28,35,37-39H,8-12,16-18,21-22,24-27H2,1-4H3,(H,50,60)(H,51,61)(H,52,64)(H,53,62)(H,54,65)(H,55,63)(H,58,68)(H,66,67). The summed E-state index contributed by atoms with van der Waals surface area (Å²) in [5.74, 6) is -4.16. The third-order valence-electron chi connectivity index (χ3n) is 11.9. The molecule has 2 heterocycles. The summed E-state index contributed by atoms with van der Waals surface area (Å²) in [6.07, 6.45) is 8.15. The Morgan fingerprint density at radius 3 is 2.35 bits per heavy atom. The van der Waals surface area contributed by atoms with Crippen LogP contribution in [0.4, 0.5) is 10.5 Å². The lowest BCUT2D eigenvalue weighted by Gasteiger charge is -2.22. The van der Waals surface area contributed by atoms with Gasteiger partial charge in [0.15, 0.2) is 6.04 Å². The molecule has 0 saturated carbocycles. The molecular formula is C49H62N10O10S2. The van der Waals surface area contributed by atoms with E-state index in [1.165, 1.54) is 48.1 Å². The van der Waals surface area contributed by atoms with Crippen LogP contribution in [0.15, 0.2) is 65.2 Å². The summed E-state index contributed by atoms with van der Waals surface area (Å²) < 4.78 is 6.45. The number of thiazole rings is 1. The van der Waals surface area contributed by atoms with Crippen molar-refractivity contribution in [3.05, 3.63) is 76.3 Å². The number of nitrogens with zero attached hydrogens (tertiary/aromatic N) is 3. The van der Waals surface area contributed by atoms with E-state index in [9.17, 15) is 43.5 Å². The highest BCUT2D eigenvalue weighted by atomic mass is 32.2. The molecule has 5 unspecified atom stereocenters. The van der Waals surface area contributed by atoms with Gasteiger partial charge in [-0.15, -0.1) is 23.1 Å². The van der Waals surface area contributed by atoms with Crippen molar-refractivity contribution in [2.45, 2.75) is 95.3 Å². The number of aromatic nitrogens is 1. The number of carboxylic acids is 1. The Bertz CT molecular complexity index is 2580. The number of benzene rings is 2. The number of rotatable bonds is 25. The van der Waals surface area contributed by atoms with E-state index < -0.39 is 78.9 Å². The Balaban J connectivity index is 0.971. The molecule has 71 heavy (non-hydrogen) atoms. The fraction of sp³-hybridized carbons (Fsp3) is 0.469. The highest BCUT2D eigenvalue weighted by Crippen LogP contribution is 2.46. The van der Waals surface area contributed by atoms with Gasteiger partial charge in [0.25, 0.3) is 0 Å². The third kappa shape index (κ3) is 15.7. The second kappa shape index (κ2) is 26.0. The monoisotopic (exact) mass is 1010 g/mol. The van der Waals surface area contributed by atoms with E-state index in [1.807, 2.05) is 37.2 Å². The number of carbonyl (C=O) groups is 8. The summed E-state index contributed by atoms with van der Waals surface area (Å²) >= 11 is 2.62. The molecule has 6 rings (SSSR count). The number of ether oxygens (including phenoxy) is 1. The van der Waals surface area contributed by atoms with Gasteiger partial charge in [0, 0.05) is 30.8 Å². The van der Waals surface area contributed by atoms with E-state index in [2.05, 4.69) is 65.4 Å². The number of anilines is 1. The number of fused-ring (bicyclic) bond motifs is 3. The molecule has 2 aromatic carbocycles. The van der Waals surface area contributed by atoms with Gasteiger partial charge >= 0.3 is 12.1 Å². The van der Waals surface area contributed by atoms with Gasteiger partial charge in [0.2, 0.25) is 35.4 Å². The van der Waals surface area contributed by atoms with Crippen LogP contribution in [0, 0.1) is 0 Å². The van der Waals surface area contributed by atoms with Gasteiger partial charge in [-0.1, -0.05) is 42.0 Å². The Morgan fingerprint density at radius 1 is 0.859 bits per heavy atom. The number of aliphatic imine (C=N–C) groups is 1. The first-order chi connectivity index (χ1) is 34.1. The van der Waals surface area contributed by atoms with Crippen LogP contribution in [0.25, 0.3) is 15.8 Å². The van der Waals surface area contributed by atoms with Crippen LogP contribution in [0.2, 0.25) is 0 Å². The van der Waals surface area contributed by atoms with E-state index in [-0.39, 0.29) is 24.9 Å². The Morgan fingerprint density at radius 2 is 1.61 bits per heavy atom. The summed E-state index contributed by atoms with van der Waals surface area (Å²) in [7, 11) is 3.88. The van der Waals surface area contributed by atoms with Gasteiger partial charge in [0.05, 0.1) is 23.3 Å². The molecule has 1 aromatic heterocycles. The summed E-state index contributed by atoms with van der Waals surface area (Å²) in [4.78, 5) is 113. The van der Waals surface area contributed by atoms with Crippen molar-refractivity contribution in [2.24, 2.45) is 4.99 Å². The maximum atomic E-state index is 13.7. The average Bonchev–Trinajstić information content (AvgIpc) is 4.09. The summed E-state index contributed by atoms with van der Waals surface area (Å²) in [5.41, 5.74) is 5.68. The van der Waals surface area contributed by atoms with Gasteiger partial charge in [0.1, 0.15) is 34.8 Å². The van der Waals surface area contributed by atoms with E-state index in [0.717, 1.165) is 41.6 Å². The molecule has 22 heteroatoms. The molecule has 1 aliphatic heterocycles. The molecule has 2 aliphatic carbocycles. The Kier molecular flexibility index (Phi) is 19.7. The van der Waals surface area contributed by atoms with Crippen molar-refractivity contribution in [2.75, 3.05) is 58.0 Å². The number of aliphatic carboxylic acids is 1. The SMILES string of the molecule is CC(=O)NCCCCC(NC(=O)C(C)NC(=O)CNC(=O)CNC(=O)C(CCCCN(C)C)NC(=O)OCC1C2=C(C=CCC2)c2ccccc21)C(=O)Nc1ccc2nc(C3=NC(C(=O)O)CS3)sc2c1. The first-order valence-electron chi connectivity index (χ1n) is 23.7. The zero-order valence-corrected chi connectivity index (χ0v) is 41.9. The first-order valence-corrected chi connectivity index (χ1v) is 25.5. The molecule has 380 valence electrons. The number of alkyl carbamates (subject to hydrolysis) is 1. The van der Waals surface area contributed by atoms with Crippen LogP contribution in [0.5, 0.6) is 0 Å². The normalized spacial score (nSPS) is 17.0. The van der Waals surface area contributed by atoms with E-state index in [4.69, 9.17) is 4.74 Å². The predicted molar refractivity (Wildman–Crippen MR) is 272 cm³/mol. The van der Waals surface area contributed by atoms with E-state index in [1.54, 1.807) is 18.2 Å². The highest BCUT2D eigenvalue weighted by molar-refractivity contribution is 8.15. The molecule has 3 aromatic rings. The zero-order valence-electron chi connectivity index (χ0n) is 40.3. The number of amides is 7. The molecular weight excluding hydrogens is 953 g/mol. The number of thioether (sulfide) groups is 1. The second-order valence-electron chi connectivity index (χ2n) is 17.7. The number of carbonyl (C=O) groups excluding carboxylic acids is 7. The van der Waals surface area contributed by atoms with Crippen molar-refractivity contribution < 1.29 is 48.2 Å². The van der Waals surface area contributed by atoms with Crippen molar-refractivity contribution >= 4 is 97.1 Å². The summed E-state index contributed by atoms with van der Waals surface area (Å²) in [6.45, 7) is 3.06. The lowest BCUT2D eigenvalue weighted by molar-refractivity contribution is -0.137. The van der Waals surface area contributed by atoms with Crippen molar-refractivity contribution in [1.82, 2.24) is 41.8 Å². The molecule has 20 nitrogen and oxygen atoms in total. The zero-order chi connectivity index (χ0) is 51.0. The summed E-state index contributed by atoms with van der Waals surface area (Å²) in [6, 6.07) is 9.16. The maximum Gasteiger partial charge on any atom is 0.407 e. The van der Waals surface area contributed by atoms with Gasteiger partial charge < -0.3 is 52.0 Å². The predicted octanol–water partition coefficient (Wildman–Crippen LogP) is 3.44. The van der Waals surface area contributed by atoms with Gasteiger partial charge in [-0.3, -0.25) is 33.8 Å². The van der Waals surface area contributed by atoms with Crippen LogP contribution in [-0.2, 0) is 38.3 Å². The largest absolute Gasteiger partial charge is 0.480 e. The van der Waals surface area contributed by atoms with Crippen LogP contribution < -0.4 is 37.2 Å². The molecule has 7 amide bonds. The minimum atomic E-state index is -1.13. The molecule has 3 aliphatic rings. The lowest BCUT2D eigenvalue weighted by Crippen LogP contribution is -2.53. The number of hydrogen-bond acceptors (Lipinski definition) is 14. The highest BCUT2D eigenvalue weighted by Gasteiger charge is 2.33. The second-order valence-corrected chi connectivity index (χ2v) is 19.8. The number of unbranched alkanes of at least 4 members (excludes halogenated alkanes) is 2. The number of allylic oxidation sites excluding steroid dienone is 3. The minimum Gasteiger partial charge on any atom is -0.480 e. The molecule has 8 N–H and O–H groups in total. The molecule has 5 atom stereocenters. The topological polar surface area (TPSA) is 279 Å². The van der Waals surface area contributed by atoms with E-state index >= 15 is 0 Å². The fourth-order valence-electron chi connectivity index (χ4n) is 8.25. The van der Waals surface area contributed by atoms with Gasteiger partial charge in [-0.2, -0.15) is 0 Å². The van der Waals surface area contributed by atoms with Gasteiger partial charge in [-0.25, -0.2) is 14.6 Å². The quantitative estimate of drug-likeness (QED) is 0.0566. The van der Waals surface area contributed by atoms with E-state index in [0.29, 0.717) is 59.2 Å². The smallest absolute Gasteiger partial charge is 0.407 e. The lowest BCUT2D eigenvalue weighted by atomic mass is 9.91. The first kappa shape index (κ1) is 53.7. The van der Waals surface area contributed by atoms with Crippen LogP contribution in [-0.4, -0.2) is 144 Å². The van der Waals surface area contributed by atoms with Crippen molar-refractivity contribution in [3.8, 4) is 0 Å². The number of hydrogen-bond donors (Lipinski definition) is 8. The molecule has 0 radical (unpaired) electrons. The minimum absolute atomic E-state index is 0.0889. The maximum absolute atomic E-state index is 13.7. The Hall–Kier alpha value is -6.65. The van der Waals surface area contributed by atoms with Gasteiger partial charge in [-0.05, 0) is 114 Å². The molecule has 0 bridgehead atoms.